The molecule has 0 fully saturated rings. The highest BCUT2D eigenvalue weighted by molar-refractivity contribution is 5.90. The van der Waals surface area contributed by atoms with Gasteiger partial charge in [-0.05, 0) is 67.9 Å². The number of hydrogen-bond donors (Lipinski definition) is 2. The van der Waals surface area contributed by atoms with E-state index < -0.39 is 11.7 Å². The Balaban J connectivity index is 0.000000174. The number of nitrogens with one attached hydrogen (secondary N) is 1. The van der Waals surface area contributed by atoms with Gasteiger partial charge < -0.3 is 19.6 Å². The van der Waals surface area contributed by atoms with E-state index in [1.165, 1.54) is 18.0 Å². The van der Waals surface area contributed by atoms with Crippen LogP contribution in [-0.4, -0.2) is 40.8 Å². The van der Waals surface area contributed by atoms with Crippen molar-refractivity contribution < 1.29 is 9.53 Å². The van der Waals surface area contributed by atoms with Gasteiger partial charge >= 0.3 is 6.09 Å². The SMILES string of the molecule is CC(C)(C)OC(=O)Nc1ccc2ccn(Cc3cncnc3)c2c1.Nc1ccc2ccn(Cc3cncnc3)c2c1. The number of hydrogen-bond acceptors (Lipinski definition) is 7. The summed E-state index contributed by atoms with van der Waals surface area (Å²) in [7, 11) is 0. The molecule has 0 unspecified atom stereocenters. The molecule has 0 spiro atoms. The molecule has 3 N–H and O–H groups in total. The predicted octanol–water partition coefficient (Wildman–Crippen LogP) is 5.89. The maximum absolute atomic E-state index is 11.9. The normalized spacial score (nSPS) is 11.2. The van der Waals surface area contributed by atoms with Crippen LogP contribution < -0.4 is 11.1 Å². The molecule has 2 aromatic carbocycles. The first-order valence-electron chi connectivity index (χ1n) is 13.1. The predicted molar refractivity (Wildman–Crippen MR) is 160 cm³/mol. The topological polar surface area (TPSA) is 126 Å². The summed E-state index contributed by atoms with van der Waals surface area (Å²) in [5.74, 6) is 0. The Morgan fingerprint density at radius 2 is 1.29 bits per heavy atom. The Morgan fingerprint density at radius 1 is 0.780 bits per heavy atom. The van der Waals surface area contributed by atoms with Gasteiger partial charge in [-0.3, -0.25) is 5.32 Å². The van der Waals surface area contributed by atoms with Crippen LogP contribution in [0, 0.1) is 0 Å². The molecule has 6 aromatic rings. The second-order valence-corrected chi connectivity index (χ2v) is 10.6. The van der Waals surface area contributed by atoms with E-state index in [-0.39, 0.29) is 0 Å². The lowest BCUT2D eigenvalue weighted by molar-refractivity contribution is 0.0636. The van der Waals surface area contributed by atoms with Gasteiger partial charge in [-0.25, -0.2) is 24.7 Å². The van der Waals surface area contributed by atoms with Crippen molar-refractivity contribution in [1.29, 1.82) is 0 Å². The zero-order chi connectivity index (χ0) is 28.8. The molecular formula is C31H32N8O2. The second-order valence-electron chi connectivity index (χ2n) is 10.6. The van der Waals surface area contributed by atoms with Crippen LogP contribution in [0.15, 0.2) is 98.4 Å². The van der Waals surface area contributed by atoms with E-state index in [1.54, 1.807) is 12.4 Å². The molecule has 0 aliphatic rings. The average Bonchev–Trinajstić information content (AvgIpc) is 3.52. The molecule has 0 aliphatic heterocycles. The molecule has 10 heteroatoms. The van der Waals surface area contributed by atoms with Crippen LogP contribution in [0.3, 0.4) is 0 Å². The smallest absolute Gasteiger partial charge is 0.412 e. The number of anilines is 2. The number of fused-ring (bicyclic) bond motifs is 2. The van der Waals surface area contributed by atoms with Gasteiger partial charge in [0, 0.05) is 59.7 Å². The first-order chi connectivity index (χ1) is 19.7. The zero-order valence-electron chi connectivity index (χ0n) is 23.2. The van der Waals surface area contributed by atoms with Crippen LogP contribution in [0.25, 0.3) is 21.8 Å². The molecule has 4 heterocycles. The van der Waals surface area contributed by atoms with Crippen LogP contribution in [0.1, 0.15) is 31.9 Å². The first kappa shape index (κ1) is 27.3. The Morgan fingerprint density at radius 3 is 1.83 bits per heavy atom. The highest BCUT2D eigenvalue weighted by atomic mass is 16.6. The van der Waals surface area contributed by atoms with Crippen molar-refractivity contribution in [2.24, 2.45) is 0 Å². The van der Waals surface area contributed by atoms with Crippen LogP contribution in [0.4, 0.5) is 16.2 Å². The number of nitrogen functional groups attached to an aromatic ring is 1. The zero-order valence-corrected chi connectivity index (χ0v) is 23.2. The number of amides is 1. The van der Waals surface area contributed by atoms with E-state index in [0.717, 1.165) is 39.8 Å². The van der Waals surface area contributed by atoms with Crippen molar-refractivity contribution in [3.63, 3.8) is 0 Å². The highest BCUT2D eigenvalue weighted by Gasteiger charge is 2.16. The molecule has 0 bridgehead atoms. The Labute approximate surface area is 237 Å². The Hall–Kier alpha value is -5.25. The molecule has 0 saturated heterocycles. The quantitative estimate of drug-likeness (QED) is 0.257. The largest absolute Gasteiger partial charge is 0.444 e. The summed E-state index contributed by atoms with van der Waals surface area (Å²) in [5.41, 5.74) is 11.0. The van der Waals surface area contributed by atoms with Gasteiger partial charge in [-0.2, -0.15) is 0 Å². The third kappa shape index (κ3) is 7.24. The Bertz CT molecular complexity index is 1760. The maximum atomic E-state index is 11.9. The van der Waals surface area contributed by atoms with Crippen LogP contribution in [0.2, 0.25) is 0 Å². The van der Waals surface area contributed by atoms with E-state index >= 15 is 0 Å². The molecule has 41 heavy (non-hydrogen) atoms. The molecule has 0 atom stereocenters. The van der Waals surface area contributed by atoms with E-state index in [4.69, 9.17) is 10.5 Å². The molecule has 0 saturated carbocycles. The third-order valence-corrected chi connectivity index (χ3v) is 6.15. The highest BCUT2D eigenvalue weighted by Crippen LogP contribution is 2.22. The molecular weight excluding hydrogens is 516 g/mol. The van der Waals surface area contributed by atoms with Gasteiger partial charge in [0.15, 0.2) is 0 Å². The number of ether oxygens (including phenoxy) is 1. The second kappa shape index (κ2) is 11.9. The minimum Gasteiger partial charge on any atom is -0.444 e. The van der Waals surface area contributed by atoms with E-state index in [2.05, 4.69) is 46.7 Å². The maximum Gasteiger partial charge on any atom is 0.412 e. The van der Waals surface area contributed by atoms with Crippen LogP contribution in [-0.2, 0) is 17.8 Å². The fourth-order valence-corrected chi connectivity index (χ4v) is 4.38. The number of aromatic nitrogens is 6. The third-order valence-electron chi connectivity index (χ3n) is 6.15. The summed E-state index contributed by atoms with van der Waals surface area (Å²) in [6.07, 6.45) is 13.9. The lowest BCUT2D eigenvalue weighted by atomic mass is 10.2. The van der Waals surface area contributed by atoms with Crippen molar-refractivity contribution in [1.82, 2.24) is 29.1 Å². The van der Waals surface area contributed by atoms with Crippen molar-refractivity contribution in [2.45, 2.75) is 39.5 Å². The minimum atomic E-state index is -0.526. The molecule has 4 aromatic heterocycles. The molecule has 208 valence electrons. The summed E-state index contributed by atoms with van der Waals surface area (Å²) >= 11 is 0. The number of rotatable bonds is 5. The fraction of sp³-hybridized carbons (Fsp3) is 0.194. The number of benzene rings is 2. The van der Waals surface area contributed by atoms with Crippen molar-refractivity contribution in [3.05, 3.63) is 109 Å². The van der Waals surface area contributed by atoms with Gasteiger partial charge in [0.1, 0.15) is 18.3 Å². The van der Waals surface area contributed by atoms with Gasteiger partial charge in [0.25, 0.3) is 0 Å². The van der Waals surface area contributed by atoms with Gasteiger partial charge in [-0.15, -0.1) is 0 Å². The minimum absolute atomic E-state index is 0.462. The lowest BCUT2D eigenvalue weighted by Crippen LogP contribution is -2.27. The molecule has 1 amide bonds. The molecule has 6 rings (SSSR count). The summed E-state index contributed by atoms with van der Waals surface area (Å²) in [6, 6.07) is 15.8. The average molecular weight is 549 g/mol. The van der Waals surface area contributed by atoms with Crippen LogP contribution in [0.5, 0.6) is 0 Å². The number of carbonyl (C=O) groups excluding carboxylic acids is 1. The summed E-state index contributed by atoms with van der Waals surface area (Å²) in [5, 5.41) is 5.06. The summed E-state index contributed by atoms with van der Waals surface area (Å²) < 4.78 is 9.52. The van der Waals surface area contributed by atoms with Gasteiger partial charge in [0.2, 0.25) is 0 Å². The number of carbonyl (C=O) groups is 1. The van der Waals surface area contributed by atoms with E-state index in [1.807, 2.05) is 81.8 Å². The number of nitrogens with zero attached hydrogens (tertiary/aromatic N) is 6. The van der Waals surface area contributed by atoms with Crippen molar-refractivity contribution in [3.8, 4) is 0 Å². The summed E-state index contributed by atoms with van der Waals surface area (Å²) in [4.78, 5) is 28.0. The molecule has 10 nitrogen and oxygen atoms in total. The van der Waals surface area contributed by atoms with Gasteiger partial charge in [-0.1, -0.05) is 12.1 Å². The van der Waals surface area contributed by atoms with Crippen LogP contribution >= 0.6 is 0 Å². The van der Waals surface area contributed by atoms with Crippen molar-refractivity contribution in [2.75, 3.05) is 11.1 Å². The van der Waals surface area contributed by atoms with E-state index in [9.17, 15) is 4.79 Å². The summed E-state index contributed by atoms with van der Waals surface area (Å²) in [6.45, 7) is 6.93. The monoisotopic (exact) mass is 548 g/mol. The first-order valence-corrected chi connectivity index (χ1v) is 13.1. The van der Waals surface area contributed by atoms with Gasteiger partial charge in [0.05, 0.1) is 24.1 Å². The number of nitrogens with two attached hydrogens (primary N) is 1. The van der Waals surface area contributed by atoms with Crippen molar-refractivity contribution >= 4 is 39.3 Å². The Kier molecular flexibility index (Phi) is 7.91. The lowest BCUT2D eigenvalue weighted by Gasteiger charge is -2.19. The standard InChI is InChI=1S/C18H20N4O2.C13H12N4/c1-18(2,3)24-17(23)21-15-5-4-14-6-7-22(16(14)8-15)11-13-9-19-12-20-10-13;14-12-2-1-11-3-4-17(13(11)5-12)8-10-6-15-9-16-7-10/h4-10,12H,11H2,1-3H3,(H,21,23);1-7,9H,8,14H2. The molecule has 0 radical (unpaired) electrons. The van der Waals surface area contributed by atoms with E-state index in [0.29, 0.717) is 12.2 Å². The molecule has 0 aliphatic carbocycles. The fourth-order valence-electron chi connectivity index (χ4n) is 4.38.